The van der Waals surface area contributed by atoms with E-state index in [1.54, 1.807) is 31.2 Å². The Bertz CT molecular complexity index is 1160. The molecule has 4 atom stereocenters. The highest BCUT2D eigenvalue weighted by atomic mass is 16.4. The maximum absolute atomic E-state index is 13.5. The molecular weight excluding hydrogens is 434 g/mol. The Morgan fingerprint density at radius 3 is 2.29 bits per heavy atom. The summed E-state index contributed by atoms with van der Waals surface area (Å²) in [5.41, 5.74) is 0.399. The number of benzene rings is 2. The van der Waals surface area contributed by atoms with Crippen molar-refractivity contribution in [2.45, 2.75) is 32.4 Å². The quantitative estimate of drug-likeness (QED) is 0.664. The number of carboxylic acid groups (broad SMARTS) is 1. The van der Waals surface area contributed by atoms with E-state index in [0.29, 0.717) is 5.69 Å². The summed E-state index contributed by atoms with van der Waals surface area (Å²) in [6.45, 7) is 5.08. The van der Waals surface area contributed by atoms with Crippen molar-refractivity contribution < 1.29 is 24.3 Å². The number of hydrogen-bond acceptors (Lipinski definition) is 4. The Morgan fingerprint density at radius 2 is 1.71 bits per heavy atom. The smallest absolute Gasteiger partial charge is 0.330 e. The summed E-state index contributed by atoms with van der Waals surface area (Å²) in [6, 6.07) is 14.7. The van der Waals surface area contributed by atoms with Crippen LogP contribution in [0.15, 0.2) is 60.7 Å². The van der Waals surface area contributed by atoms with E-state index < -0.39 is 47.2 Å². The predicted molar refractivity (Wildman–Crippen MR) is 127 cm³/mol. The van der Waals surface area contributed by atoms with Gasteiger partial charge in [-0.25, -0.2) is 9.59 Å². The number of imide groups is 1. The first-order chi connectivity index (χ1) is 16.2. The molecule has 0 aliphatic carbocycles. The molecule has 2 aliphatic rings. The molecule has 2 heterocycles. The third-order valence-electron chi connectivity index (χ3n) is 6.77. The van der Waals surface area contributed by atoms with Gasteiger partial charge in [-0.2, -0.15) is 0 Å². The van der Waals surface area contributed by atoms with Crippen LogP contribution in [0.3, 0.4) is 0 Å². The van der Waals surface area contributed by atoms with Crippen LogP contribution in [0.2, 0.25) is 0 Å². The monoisotopic (exact) mass is 461 g/mol. The molecule has 176 valence electrons. The molecule has 2 aromatic carbocycles. The van der Waals surface area contributed by atoms with Gasteiger partial charge in [-0.3, -0.25) is 14.5 Å². The zero-order valence-corrected chi connectivity index (χ0v) is 19.3. The fourth-order valence-electron chi connectivity index (χ4n) is 5.00. The van der Waals surface area contributed by atoms with Gasteiger partial charge in [-0.15, -0.1) is 0 Å². The molecule has 8 nitrogen and oxygen atoms in total. The maximum atomic E-state index is 13.5. The van der Waals surface area contributed by atoms with E-state index in [2.05, 4.69) is 5.32 Å². The van der Waals surface area contributed by atoms with E-state index in [0.717, 1.165) is 20.9 Å². The van der Waals surface area contributed by atoms with Gasteiger partial charge in [-0.05, 0) is 38.5 Å². The average Bonchev–Trinajstić information content (AvgIpc) is 3.24. The molecule has 2 aliphatic heterocycles. The average molecular weight is 462 g/mol. The lowest BCUT2D eigenvalue weighted by Crippen LogP contribution is -2.59. The Morgan fingerprint density at radius 1 is 1.06 bits per heavy atom. The summed E-state index contributed by atoms with van der Waals surface area (Å²) in [7, 11) is 0. The lowest BCUT2D eigenvalue weighted by atomic mass is 9.81. The topological polar surface area (TPSA) is 107 Å². The van der Waals surface area contributed by atoms with Gasteiger partial charge < -0.3 is 15.3 Å². The molecule has 2 fully saturated rings. The van der Waals surface area contributed by atoms with Crippen LogP contribution < -0.4 is 5.32 Å². The number of carboxylic acids is 1. The predicted octanol–water partition coefficient (Wildman–Crippen LogP) is 3.39. The van der Waals surface area contributed by atoms with Crippen LogP contribution in [0.5, 0.6) is 0 Å². The first-order valence-corrected chi connectivity index (χ1v) is 11.2. The lowest BCUT2D eigenvalue weighted by molar-refractivity contribution is -0.154. The van der Waals surface area contributed by atoms with Crippen LogP contribution in [0.4, 0.5) is 10.5 Å². The van der Waals surface area contributed by atoms with Crippen molar-refractivity contribution in [3.63, 3.8) is 0 Å². The number of amides is 4. The van der Waals surface area contributed by atoms with E-state index in [9.17, 15) is 24.3 Å². The van der Waals surface area contributed by atoms with Crippen LogP contribution in [0.25, 0.3) is 6.08 Å². The van der Waals surface area contributed by atoms with Crippen LogP contribution >= 0.6 is 0 Å². The van der Waals surface area contributed by atoms with E-state index >= 15 is 0 Å². The molecule has 0 bridgehead atoms. The summed E-state index contributed by atoms with van der Waals surface area (Å²) in [4.78, 5) is 54.8. The molecule has 34 heavy (non-hydrogen) atoms. The van der Waals surface area contributed by atoms with Crippen molar-refractivity contribution in [2.24, 2.45) is 11.8 Å². The van der Waals surface area contributed by atoms with Crippen molar-refractivity contribution in [3.05, 3.63) is 71.8 Å². The fraction of sp³-hybridized carbons (Fsp3) is 0.308. The first-order valence-electron chi connectivity index (χ1n) is 11.2. The molecule has 0 spiro atoms. The Balaban J connectivity index is 1.80. The summed E-state index contributed by atoms with van der Waals surface area (Å²) in [6.07, 6.45) is 3.40. The zero-order chi connectivity index (χ0) is 24.6. The number of aliphatic carboxylic acids is 1. The van der Waals surface area contributed by atoms with Crippen LogP contribution in [0.1, 0.15) is 25.0 Å². The summed E-state index contributed by atoms with van der Waals surface area (Å²) in [5, 5.41) is 13.0. The number of rotatable bonds is 5. The minimum Gasteiger partial charge on any atom is -0.479 e. The van der Waals surface area contributed by atoms with Crippen LogP contribution in [-0.4, -0.2) is 56.8 Å². The van der Waals surface area contributed by atoms with Gasteiger partial charge in [0.1, 0.15) is 0 Å². The maximum Gasteiger partial charge on any atom is 0.330 e. The number of nitrogens with zero attached hydrogens (tertiary/aromatic N) is 2. The van der Waals surface area contributed by atoms with Crippen molar-refractivity contribution in [3.8, 4) is 0 Å². The molecule has 2 N–H and O–H groups in total. The second-order valence-corrected chi connectivity index (χ2v) is 8.80. The number of anilines is 1. The molecule has 8 heteroatoms. The SMILES string of the molecule is CCN1C(=O)C2C(C=Cc3ccccc3)N(C(=O)Nc3ccc(C)cc3)C(C)(C(=O)O)C2C1=O. The summed E-state index contributed by atoms with van der Waals surface area (Å²) in [5.74, 6) is -4.54. The van der Waals surface area contributed by atoms with Crippen molar-refractivity contribution in [2.75, 3.05) is 11.9 Å². The second-order valence-electron chi connectivity index (χ2n) is 8.80. The molecule has 4 amide bonds. The van der Waals surface area contributed by atoms with Gasteiger partial charge in [0.05, 0.1) is 17.9 Å². The van der Waals surface area contributed by atoms with E-state index in [-0.39, 0.29) is 6.54 Å². The zero-order valence-electron chi connectivity index (χ0n) is 19.3. The largest absolute Gasteiger partial charge is 0.479 e. The van der Waals surface area contributed by atoms with E-state index in [4.69, 9.17) is 0 Å². The van der Waals surface area contributed by atoms with Crippen molar-refractivity contribution >= 4 is 35.6 Å². The summed E-state index contributed by atoms with van der Waals surface area (Å²) < 4.78 is 0. The third-order valence-corrected chi connectivity index (χ3v) is 6.77. The van der Waals surface area contributed by atoms with Gasteiger partial charge in [-0.1, -0.05) is 60.2 Å². The highest BCUT2D eigenvalue weighted by Gasteiger charge is 2.70. The van der Waals surface area contributed by atoms with E-state index in [1.807, 2.05) is 49.4 Å². The number of nitrogens with one attached hydrogen (secondary N) is 1. The van der Waals surface area contributed by atoms with Gasteiger partial charge in [0.2, 0.25) is 11.8 Å². The summed E-state index contributed by atoms with van der Waals surface area (Å²) >= 11 is 0. The number of likely N-dealkylation sites (tertiary alicyclic amines) is 2. The number of hydrogen-bond donors (Lipinski definition) is 2. The third kappa shape index (κ3) is 3.65. The lowest BCUT2D eigenvalue weighted by Gasteiger charge is -2.37. The molecule has 4 rings (SSSR count). The molecule has 0 aromatic heterocycles. The highest BCUT2D eigenvalue weighted by molar-refractivity contribution is 6.11. The number of carbonyl (C=O) groups is 4. The molecule has 2 saturated heterocycles. The van der Waals surface area contributed by atoms with Crippen LogP contribution in [0, 0.1) is 18.8 Å². The van der Waals surface area contributed by atoms with Gasteiger partial charge >= 0.3 is 12.0 Å². The molecule has 0 saturated carbocycles. The van der Waals surface area contributed by atoms with Crippen LogP contribution in [-0.2, 0) is 14.4 Å². The van der Waals surface area contributed by atoms with E-state index in [1.165, 1.54) is 6.92 Å². The Labute approximate surface area is 197 Å². The molecule has 4 unspecified atom stereocenters. The fourth-order valence-corrected chi connectivity index (χ4v) is 5.00. The molecule has 0 radical (unpaired) electrons. The minimum atomic E-state index is -1.91. The minimum absolute atomic E-state index is 0.144. The molecule has 2 aromatic rings. The first kappa shape index (κ1) is 23.2. The number of urea groups is 1. The normalized spacial score (nSPS) is 26.3. The highest BCUT2D eigenvalue weighted by Crippen LogP contribution is 2.49. The van der Waals surface area contributed by atoms with Crippen molar-refractivity contribution in [1.82, 2.24) is 9.80 Å². The van der Waals surface area contributed by atoms with Crippen molar-refractivity contribution in [1.29, 1.82) is 0 Å². The second kappa shape index (κ2) is 8.78. The Kier molecular flexibility index (Phi) is 6.00. The number of aryl methyl sites for hydroxylation is 1. The Hall–Kier alpha value is -3.94. The number of fused-ring (bicyclic) bond motifs is 1. The van der Waals surface area contributed by atoms with Gasteiger partial charge in [0.25, 0.3) is 0 Å². The van der Waals surface area contributed by atoms with Gasteiger partial charge in [0.15, 0.2) is 5.54 Å². The van der Waals surface area contributed by atoms with Gasteiger partial charge in [0, 0.05) is 12.2 Å². The standard InChI is InChI=1S/C26H27N3O5/c1-4-28-22(30)20-19(15-12-17-8-6-5-7-9-17)29(26(3,24(32)33)21(20)23(28)31)25(34)27-18-13-10-16(2)11-14-18/h5-15,19-21H,4H2,1-3H3,(H,27,34)(H,32,33). The number of carbonyl (C=O) groups excluding carboxylic acids is 3. The molecular formula is C26H27N3O5.